The van der Waals surface area contributed by atoms with E-state index >= 15 is 0 Å². The van der Waals surface area contributed by atoms with E-state index in [-0.39, 0.29) is 11.0 Å². The zero-order valence-electron chi connectivity index (χ0n) is 4.07. The quantitative estimate of drug-likeness (QED) is 0.629. The minimum absolute atomic E-state index is 0. The van der Waals surface area contributed by atoms with Gasteiger partial charge in [0.25, 0.3) is 0 Å². The highest BCUT2D eigenvalue weighted by Crippen LogP contribution is 2.15. The molecule has 0 saturated heterocycles. The highest BCUT2D eigenvalue weighted by Gasteiger charge is 1.84. The molecule has 0 aliphatic rings. The summed E-state index contributed by atoms with van der Waals surface area (Å²) in [6.07, 6.45) is 0. The molecule has 0 saturated carbocycles. The van der Waals surface area contributed by atoms with Gasteiger partial charge in [-0.15, -0.1) is 0 Å². The maximum Gasteiger partial charge on any atom is 0.0186 e. The molecular weight excluding hydrogens is 260 g/mol. The predicted molar refractivity (Wildman–Crippen MR) is 53.2 cm³/mol. The number of rotatable bonds is 0. The molecular formula is C6H8Br2Si. The van der Waals surface area contributed by atoms with Crippen LogP contribution in [0.3, 0.4) is 0 Å². The highest BCUT2D eigenvalue weighted by atomic mass is 79.9. The van der Waals surface area contributed by atoms with Crippen molar-refractivity contribution < 1.29 is 0 Å². The summed E-state index contributed by atoms with van der Waals surface area (Å²) in [5.74, 6) is 0. The summed E-state index contributed by atoms with van der Waals surface area (Å²) in [5, 5.41) is 0. The summed E-state index contributed by atoms with van der Waals surface area (Å²) in [6.45, 7) is 0. The fraction of sp³-hybridized carbons (Fsp3) is 0. The summed E-state index contributed by atoms with van der Waals surface area (Å²) in [6, 6.07) is 7.96. The van der Waals surface area contributed by atoms with Crippen LogP contribution in [0.4, 0.5) is 0 Å². The molecule has 0 amide bonds. The minimum Gasteiger partial charge on any atom is -0.0600 e. The van der Waals surface area contributed by atoms with E-state index in [1.807, 2.05) is 24.3 Å². The van der Waals surface area contributed by atoms with Gasteiger partial charge < -0.3 is 0 Å². The van der Waals surface area contributed by atoms with Crippen LogP contribution in [-0.4, -0.2) is 11.0 Å². The second-order valence-electron chi connectivity index (χ2n) is 1.44. The third-order valence-corrected chi connectivity index (χ3v) is 1.77. The van der Waals surface area contributed by atoms with E-state index < -0.39 is 0 Å². The average molecular weight is 268 g/mol. The first-order valence-corrected chi connectivity index (χ1v) is 3.79. The molecule has 0 nitrogen and oxygen atoms in total. The Morgan fingerprint density at radius 2 is 1.44 bits per heavy atom. The molecule has 50 valence electrons. The molecule has 0 fully saturated rings. The summed E-state index contributed by atoms with van der Waals surface area (Å²) in [4.78, 5) is 0. The van der Waals surface area contributed by atoms with Gasteiger partial charge in [0, 0.05) is 8.95 Å². The van der Waals surface area contributed by atoms with Crippen molar-refractivity contribution in [1.82, 2.24) is 0 Å². The van der Waals surface area contributed by atoms with Crippen molar-refractivity contribution in [3.8, 4) is 0 Å². The molecule has 0 spiro atoms. The molecule has 0 aliphatic carbocycles. The third kappa shape index (κ3) is 3.18. The van der Waals surface area contributed by atoms with E-state index in [1.54, 1.807) is 0 Å². The summed E-state index contributed by atoms with van der Waals surface area (Å²) in [5.41, 5.74) is 0. The van der Waals surface area contributed by atoms with E-state index in [0.717, 1.165) is 8.95 Å². The smallest absolute Gasteiger partial charge is 0.0186 e. The molecule has 0 aliphatic heterocycles. The first kappa shape index (κ1) is 9.40. The van der Waals surface area contributed by atoms with Gasteiger partial charge >= 0.3 is 0 Å². The van der Waals surface area contributed by atoms with Gasteiger partial charge in [-0.05, 0) is 29.2 Å². The van der Waals surface area contributed by atoms with Gasteiger partial charge in [0.2, 0.25) is 0 Å². The average Bonchev–Trinajstić information content (AvgIpc) is 1.64. The minimum atomic E-state index is 0. The third-order valence-electron chi connectivity index (χ3n) is 0.787. The van der Waals surface area contributed by atoms with Gasteiger partial charge in [0.1, 0.15) is 0 Å². The largest absolute Gasteiger partial charge is 0.0600 e. The normalized spacial score (nSPS) is 8.22. The number of hydrogen-bond acceptors (Lipinski definition) is 0. The van der Waals surface area contributed by atoms with Gasteiger partial charge in [0.05, 0.1) is 0 Å². The van der Waals surface area contributed by atoms with Crippen molar-refractivity contribution in [3.05, 3.63) is 33.2 Å². The van der Waals surface area contributed by atoms with E-state index in [4.69, 9.17) is 0 Å². The maximum atomic E-state index is 3.33. The lowest BCUT2D eigenvalue weighted by atomic mass is 10.4. The Kier molecular flexibility index (Phi) is 4.44. The Balaban J connectivity index is 0.000000640. The molecule has 1 rings (SSSR count). The molecule has 1 aromatic carbocycles. The Labute approximate surface area is 75.9 Å². The van der Waals surface area contributed by atoms with Crippen LogP contribution in [0.1, 0.15) is 0 Å². The number of hydrogen-bond donors (Lipinski definition) is 0. The SMILES string of the molecule is Brc1cccc(Br)c1.[SiH4]. The molecule has 0 atom stereocenters. The summed E-state index contributed by atoms with van der Waals surface area (Å²) in [7, 11) is 0. The fourth-order valence-electron chi connectivity index (χ4n) is 0.460. The molecule has 0 bridgehead atoms. The highest BCUT2D eigenvalue weighted by molar-refractivity contribution is 9.11. The van der Waals surface area contributed by atoms with Crippen LogP contribution in [-0.2, 0) is 0 Å². The lowest BCUT2D eigenvalue weighted by Crippen LogP contribution is -1.61. The van der Waals surface area contributed by atoms with Crippen molar-refractivity contribution in [2.75, 3.05) is 0 Å². The Morgan fingerprint density at radius 1 is 1.00 bits per heavy atom. The van der Waals surface area contributed by atoms with Crippen LogP contribution in [0.25, 0.3) is 0 Å². The lowest BCUT2D eigenvalue weighted by molar-refractivity contribution is 1.60. The Bertz CT molecular complexity index is 171. The first-order chi connectivity index (χ1) is 3.79. The lowest BCUT2D eigenvalue weighted by Gasteiger charge is -1.87. The van der Waals surface area contributed by atoms with Crippen LogP contribution in [0, 0.1) is 0 Å². The second kappa shape index (κ2) is 4.25. The van der Waals surface area contributed by atoms with Crippen LogP contribution in [0.5, 0.6) is 0 Å². The zero-order chi connectivity index (χ0) is 5.98. The van der Waals surface area contributed by atoms with E-state index in [2.05, 4.69) is 31.9 Å². The van der Waals surface area contributed by atoms with E-state index in [0.29, 0.717) is 0 Å². The number of halogens is 2. The fourth-order valence-corrected chi connectivity index (χ4v) is 1.57. The molecule has 3 heteroatoms. The van der Waals surface area contributed by atoms with Gasteiger partial charge in [-0.25, -0.2) is 0 Å². The molecule has 9 heavy (non-hydrogen) atoms. The molecule has 0 aromatic heterocycles. The number of benzene rings is 1. The molecule has 0 radical (unpaired) electrons. The van der Waals surface area contributed by atoms with Gasteiger partial charge in [-0.2, -0.15) is 0 Å². The first-order valence-electron chi connectivity index (χ1n) is 2.20. The van der Waals surface area contributed by atoms with Gasteiger partial charge in [-0.1, -0.05) is 37.9 Å². The standard InChI is InChI=1S/C6H4Br2.H4Si/c7-5-2-1-3-6(8)4-5;/h1-4H;1H4. The Hall–Kier alpha value is 0.397. The molecule has 0 heterocycles. The topological polar surface area (TPSA) is 0 Å². The second-order valence-corrected chi connectivity index (χ2v) is 3.27. The summed E-state index contributed by atoms with van der Waals surface area (Å²) >= 11 is 6.66. The van der Waals surface area contributed by atoms with Crippen LogP contribution >= 0.6 is 31.9 Å². The monoisotopic (exact) mass is 266 g/mol. The van der Waals surface area contributed by atoms with Crippen molar-refractivity contribution >= 4 is 42.8 Å². The van der Waals surface area contributed by atoms with Crippen LogP contribution < -0.4 is 0 Å². The van der Waals surface area contributed by atoms with Crippen molar-refractivity contribution in [3.63, 3.8) is 0 Å². The summed E-state index contributed by atoms with van der Waals surface area (Å²) < 4.78 is 2.21. The van der Waals surface area contributed by atoms with Crippen LogP contribution in [0.2, 0.25) is 0 Å². The van der Waals surface area contributed by atoms with Crippen molar-refractivity contribution in [1.29, 1.82) is 0 Å². The van der Waals surface area contributed by atoms with E-state index in [1.165, 1.54) is 0 Å². The van der Waals surface area contributed by atoms with Crippen molar-refractivity contribution in [2.24, 2.45) is 0 Å². The van der Waals surface area contributed by atoms with Gasteiger partial charge in [-0.3, -0.25) is 0 Å². The van der Waals surface area contributed by atoms with E-state index in [9.17, 15) is 0 Å². The predicted octanol–water partition coefficient (Wildman–Crippen LogP) is 1.76. The molecule has 0 N–H and O–H groups in total. The maximum absolute atomic E-state index is 3.33. The Morgan fingerprint density at radius 3 is 1.67 bits per heavy atom. The zero-order valence-corrected chi connectivity index (χ0v) is 7.24. The van der Waals surface area contributed by atoms with Crippen LogP contribution in [0.15, 0.2) is 33.2 Å². The molecule has 0 unspecified atom stereocenters. The van der Waals surface area contributed by atoms with Gasteiger partial charge in [0.15, 0.2) is 0 Å². The molecule has 1 aromatic rings. The van der Waals surface area contributed by atoms with Crippen molar-refractivity contribution in [2.45, 2.75) is 0 Å².